The second-order valence-electron chi connectivity index (χ2n) is 6.65. The predicted octanol–water partition coefficient (Wildman–Crippen LogP) is 1.67. The van der Waals surface area contributed by atoms with Crippen molar-refractivity contribution in [1.29, 1.82) is 0 Å². The number of rotatable bonds is 3. The summed E-state index contributed by atoms with van der Waals surface area (Å²) in [4.78, 5) is 14.8. The van der Waals surface area contributed by atoms with Crippen LogP contribution in [0.5, 0.6) is 0 Å². The predicted molar refractivity (Wildman–Crippen MR) is 81.4 cm³/mol. The van der Waals surface area contributed by atoms with E-state index in [9.17, 15) is 4.79 Å². The van der Waals surface area contributed by atoms with Crippen molar-refractivity contribution in [1.82, 2.24) is 9.47 Å². The Kier molecular flexibility index (Phi) is 3.92. The van der Waals surface area contributed by atoms with Crippen molar-refractivity contribution in [2.75, 3.05) is 19.8 Å². The van der Waals surface area contributed by atoms with E-state index < -0.39 is 0 Å². The van der Waals surface area contributed by atoms with Gasteiger partial charge in [-0.1, -0.05) is 0 Å². The third-order valence-corrected chi connectivity index (χ3v) is 5.32. The summed E-state index contributed by atoms with van der Waals surface area (Å²) in [6, 6.07) is 4.36. The lowest BCUT2D eigenvalue weighted by Crippen LogP contribution is -2.55. The van der Waals surface area contributed by atoms with Crippen LogP contribution in [0, 0.1) is 5.92 Å². The Morgan fingerprint density at radius 1 is 1.09 bits per heavy atom. The summed E-state index contributed by atoms with van der Waals surface area (Å²) in [6.45, 7) is 3.08. The summed E-state index contributed by atoms with van der Waals surface area (Å²) in [5.41, 5.74) is 0. The van der Waals surface area contributed by atoms with Crippen molar-refractivity contribution in [2.24, 2.45) is 5.92 Å². The average molecular weight is 304 g/mol. The van der Waals surface area contributed by atoms with Gasteiger partial charge >= 0.3 is 0 Å². The number of hydrogen-bond acceptors (Lipinski definition) is 3. The van der Waals surface area contributed by atoms with Gasteiger partial charge < -0.3 is 18.9 Å². The zero-order valence-electron chi connectivity index (χ0n) is 12.9. The van der Waals surface area contributed by atoms with Crippen LogP contribution in [0.15, 0.2) is 24.5 Å². The Labute approximate surface area is 131 Å². The van der Waals surface area contributed by atoms with Gasteiger partial charge in [0.2, 0.25) is 0 Å². The highest BCUT2D eigenvalue weighted by atomic mass is 16.5. The molecule has 4 rings (SSSR count). The fourth-order valence-electron chi connectivity index (χ4n) is 4.25. The van der Waals surface area contributed by atoms with Crippen molar-refractivity contribution in [3.8, 4) is 0 Å². The highest BCUT2D eigenvalue weighted by Crippen LogP contribution is 2.36. The molecule has 120 valence electrons. The number of morpholine rings is 1. The first-order valence-electron chi connectivity index (χ1n) is 8.47. The van der Waals surface area contributed by atoms with Gasteiger partial charge in [-0.3, -0.25) is 4.79 Å². The van der Waals surface area contributed by atoms with E-state index in [0.29, 0.717) is 12.5 Å². The van der Waals surface area contributed by atoms with E-state index in [4.69, 9.17) is 9.47 Å². The first-order valence-corrected chi connectivity index (χ1v) is 8.47. The van der Waals surface area contributed by atoms with Gasteiger partial charge in [0.15, 0.2) is 0 Å². The van der Waals surface area contributed by atoms with E-state index in [1.54, 1.807) is 0 Å². The Hall–Kier alpha value is -1.33. The van der Waals surface area contributed by atoms with Gasteiger partial charge in [-0.25, -0.2) is 0 Å². The molecule has 4 atom stereocenters. The van der Waals surface area contributed by atoms with Gasteiger partial charge in [-0.2, -0.15) is 0 Å². The molecule has 1 saturated carbocycles. The molecule has 5 heteroatoms. The summed E-state index contributed by atoms with van der Waals surface area (Å²) in [5, 5.41) is 0. The van der Waals surface area contributed by atoms with Crippen LogP contribution in [-0.2, 0) is 20.8 Å². The van der Waals surface area contributed by atoms with E-state index in [1.165, 1.54) is 0 Å². The fraction of sp³-hybridized carbons (Fsp3) is 0.706. The monoisotopic (exact) mass is 304 g/mol. The van der Waals surface area contributed by atoms with Gasteiger partial charge in [-0.15, -0.1) is 0 Å². The minimum absolute atomic E-state index is 0.182. The summed E-state index contributed by atoms with van der Waals surface area (Å²) >= 11 is 0. The summed E-state index contributed by atoms with van der Waals surface area (Å²) in [6.07, 6.45) is 8.24. The van der Waals surface area contributed by atoms with E-state index >= 15 is 0 Å². The van der Waals surface area contributed by atoms with E-state index in [1.807, 2.05) is 0 Å². The Morgan fingerprint density at radius 3 is 2.73 bits per heavy atom. The number of ether oxygens (including phenoxy) is 2. The van der Waals surface area contributed by atoms with Crippen LogP contribution in [-0.4, -0.2) is 53.4 Å². The lowest BCUT2D eigenvalue weighted by Gasteiger charge is -2.40. The molecule has 0 radical (unpaired) electrons. The summed E-state index contributed by atoms with van der Waals surface area (Å²) in [5.74, 6) is 0.690. The Bertz CT molecular complexity index is 510. The second-order valence-corrected chi connectivity index (χ2v) is 6.65. The molecule has 3 aliphatic rings. The first-order chi connectivity index (χ1) is 10.8. The largest absolute Gasteiger partial charge is 0.374 e. The zero-order valence-corrected chi connectivity index (χ0v) is 12.9. The lowest BCUT2D eigenvalue weighted by atomic mass is 10.0. The maximum absolute atomic E-state index is 12.7. The van der Waals surface area contributed by atoms with Crippen LogP contribution >= 0.6 is 0 Å². The van der Waals surface area contributed by atoms with Crippen molar-refractivity contribution in [3.63, 3.8) is 0 Å². The Balaban J connectivity index is 1.45. The molecule has 1 aliphatic carbocycles. The molecule has 0 spiro atoms. The fourth-order valence-corrected chi connectivity index (χ4v) is 4.25. The standard InChI is InChI=1S/C17H24N2O3/c20-17(15-4-3-10-21-15)19-9-11-22-16-13(5-6-14(16)19)12-18-7-1-2-8-18/h1-2,7-8,13-16H,3-6,9-12H2/t13?,14?,15-,16?/m0/s1. The molecule has 1 amide bonds. The van der Waals surface area contributed by atoms with Gasteiger partial charge in [-0.05, 0) is 37.8 Å². The van der Waals surface area contributed by atoms with Crippen LogP contribution in [0.25, 0.3) is 0 Å². The van der Waals surface area contributed by atoms with E-state index in [0.717, 1.165) is 45.4 Å². The van der Waals surface area contributed by atoms with Crippen LogP contribution in [0.1, 0.15) is 25.7 Å². The van der Waals surface area contributed by atoms with Crippen LogP contribution in [0.4, 0.5) is 0 Å². The molecule has 2 aliphatic heterocycles. The highest BCUT2D eigenvalue weighted by molar-refractivity contribution is 5.81. The van der Waals surface area contributed by atoms with Crippen molar-refractivity contribution in [2.45, 2.75) is 50.5 Å². The molecular weight excluding hydrogens is 280 g/mol. The van der Waals surface area contributed by atoms with Crippen LogP contribution in [0.3, 0.4) is 0 Å². The number of hydrogen-bond donors (Lipinski definition) is 0. The van der Waals surface area contributed by atoms with Gasteiger partial charge in [0.25, 0.3) is 5.91 Å². The van der Waals surface area contributed by atoms with Crippen LogP contribution < -0.4 is 0 Å². The van der Waals surface area contributed by atoms with Crippen molar-refractivity contribution < 1.29 is 14.3 Å². The molecule has 3 fully saturated rings. The first kappa shape index (κ1) is 14.3. The minimum Gasteiger partial charge on any atom is -0.374 e. The van der Waals surface area contributed by atoms with E-state index in [2.05, 4.69) is 34.0 Å². The van der Waals surface area contributed by atoms with Gasteiger partial charge in [0.1, 0.15) is 6.10 Å². The third kappa shape index (κ3) is 2.57. The lowest BCUT2D eigenvalue weighted by molar-refractivity contribution is -0.155. The number of aromatic nitrogens is 1. The quantitative estimate of drug-likeness (QED) is 0.853. The summed E-state index contributed by atoms with van der Waals surface area (Å²) < 4.78 is 13.9. The maximum Gasteiger partial charge on any atom is 0.252 e. The zero-order chi connectivity index (χ0) is 14.9. The normalized spacial score (nSPS) is 34.8. The maximum atomic E-state index is 12.7. The molecule has 0 aromatic carbocycles. The van der Waals surface area contributed by atoms with Crippen molar-refractivity contribution >= 4 is 5.91 Å². The summed E-state index contributed by atoms with van der Waals surface area (Å²) in [7, 11) is 0. The SMILES string of the molecule is O=C([C@@H]1CCCO1)N1CCOC2C(Cn3cccc3)CCC21. The molecule has 1 aromatic heterocycles. The molecular formula is C17H24N2O3. The molecule has 3 unspecified atom stereocenters. The second kappa shape index (κ2) is 6.05. The van der Waals surface area contributed by atoms with Crippen LogP contribution in [0.2, 0.25) is 0 Å². The van der Waals surface area contributed by atoms with Crippen molar-refractivity contribution in [3.05, 3.63) is 24.5 Å². The molecule has 2 saturated heterocycles. The smallest absolute Gasteiger partial charge is 0.252 e. The molecule has 0 N–H and O–H groups in total. The Morgan fingerprint density at radius 2 is 1.95 bits per heavy atom. The molecule has 0 bridgehead atoms. The number of amides is 1. The number of fused-ring (bicyclic) bond motifs is 1. The molecule has 1 aromatic rings. The molecule has 3 heterocycles. The third-order valence-electron chi connectivity index (χ3n) is 5.32. The topological polar surface area (TPSA) is 43.7 Å². The average Bonchev–Trinajstić information content (AvgIpc) is 3.29. The number of nitrogens with zero attached hydrogens (tertiary/aromatic N) is 2. The van der Waals surface area contributed by atoms with Gasteiger partial charge in [0.05, 0.1) is 18.8 Å². The molecule has 5 nitrogen and oxygen atoms in total. The number of carbonyl (C=O) groups is 1. The highest BCUT2D eigenvalue weighted by Gasteiger charge is 2.45. The molecule has 22 heavy (non-hydrogen) atoms. The number of carbonyl (C=O) groups excluding carboxylic acids is 1. The minimum atomic E-state index is -0.206. The van der Waals surface area contributed by atoms with Gasteiger partial charge in [0, 0.05) is 38.0 Å². The van der Waals surface area contributed by atoms with E-state index in [-0.39, 0.29) is 24.2 Å².